The van der Waals surface area contributed by atoms with E-state index in [-0.39, 0.29) is 5.56 Å². The first kappa shape index (κ1) is 14.3. The van der Waals surface area contributed by atoms with Crippen LogP contribution in [-0.2, 0) is 0 Å². The summed E-state index contributed by atoms with van der Waals surface area (Å²) in [6.07, 6.45) is 2.88. The molecule has 0 aliphatic carbocycles. The third-order valence-corrected chi connectivity index (χ3v) is 3.86. The van der Waals surface area contributed by atoms with E-state index in [4.69, 9.17) is 10.2 Å². The van der Waals surface area contributed by atoms with Crippen LogP contribution in [0.5, 0.6) is 0 Å². The molecule has 2 aromatic carbocycles. The number of aromatic nitrogens is 2. The molecule has 0 spiro atoms. The summed E-state index contributed by atoms with van der Waals surface area (Å²) in [6, 6.07) is 11.1. The lowest BCUT2D eigenvalue weighted by Crippen LogP contribution is -1.92. The molecule has 6 heteroatoms. The first-order valence-corrected chi connectivity index (χ1v) is 7.17. The molecule has 0 amide bonds. The Balaban J connectivity index is 1.80. The van der Waals surface area contributed by atoms with Crippen LogP contribution in [-0.4, -0.2) is 9.97 Å². The Morgan fingerprint density at radius 3 is 2.33 bits per heavy atom. The lowest BCUT2D eigenvalue weighted by molar-refractivity contribution is 0.511. The highest BCUT2D eigenvalue weighted by molar-refractivity contribution is 5.98. The summed E-state index contributed by atoms with van der Waals surface area (Å²) in [6.45, 7) is 0. The molecule has 0 saturated heterocycles. The van der Waals surface area contributed by atoms with Gasteiger partial charge in [-0.15, -0.1) is 0 Å². The number of hydrogen-bond donors (Lipinski definition) is 1. The molecule has 0 bridgehead atoms. The molecule has 2 aromatic heterocycles. The largest absolute Gasteiger partial charge is 0.445 e. The minimum Gasteiger partial charge on any atom is -0.445 e. The lowest BCUT2D eigenvalue weighted by Gasteiger charge is -2.06. The van der Waals surface area contributed by atoms with Crippen molar-refractivity contribution in [3.8, 4) is 22.3 Å². The predicted molar refractivity (Wildman–Crippen MR) is 87.0 cm³/mol. The van der Waals surface area contributed by atoms with E-state index in [0.717, 1.165) is 17.2 Å². The molecular formula is C18H11F2N3O. The summed E-state index contributed by atoms with van der Waals surface area (Å²) in [5.41, 5.74) is 8.64. The number of benzene rings is 2. The molecule has 2 heterocycles. The van der Waals surface area contributed by atoms with Gasteiger partial charge in [0.15, 0.2) is 11.6 Å². The summed E-state index contributed by atoms with van der Waals surface area (Å²) >= 11 is 0. The summed E-state index contributed by atoms with van der Waals surface area (Å²) in [5.74, 6) is -1.41. The van der Waals surface area contributed by atoms with E-state index in [1.54, 1.807) is 30.5 Å². The van der Waals surface area contributed by atoms with E-state index in [0.29, 0.717) is 22.5 Å². The molecule has 0 unspecified atom stereocenters. The van der Waals surface area contributed by atoms with E-state index in [1.807, 2.05) is 0 Å². The first-order valence-electron chi connectivity index (χ1n) is 7.17. The minimum atomic E-state index is -0.873. The van der Waals surface area contributed by atoms with Gasteiger partial charge in [-0.1, -0.05) is 36.4 Å². The van der Waals surface area contributed by atoms with Gasteiger partial charge in [-0.2, -0.15) is 0 Å². The molecular weight excluding hydrogens is 312 g/mol. The molecule has 0 aliphatic heterocycles. The monoisotopic (exact) mass is 323 g/mol. The Morgan fingerprint density at radius 1 is 0.875 bits per heavy atom. The summed E-state index contributed by atoms with van der Waals surface area (Å²) < 4.78 is 32.7. The molecule has 4 aromatic rings. The number of fused-ring (bicyclic) bond motifs is 1. The topological polar surface area (TPSA) is 64.9 Å². The molecule has 0 saturated carbocycles. The highest BCUT2D eigenvalue weighted by Gasteiger charge is 2.14. The van der Waals surface area contributed by atoms with Crippen molar-refractivity contribution in [2.24, 2.45) is 0 Å². The summed E-state index contributed by atoms with van der Waals surface area (Å²) in [5, 5.41) is 0.627. The standard InChI is InChI=1S/C18H11F2N3O/c19-14-3-1-2-12(16(14)20)10-4-6-11(7-5-10)13-8-24-18-15(13)17(21)22-9-23-18/h1-9H,(H2,21,22,23). The molecule has 118 valence electrons. The maximum Gasteiger partial charge on any atom is 0.231 e. The van der Waals surface area contributed by atoms with Gasteiger partial charge in [0.05, 0.1) is 5.39 Å². The van der Waals surface area contributed by atoms with Crippen molar-refractivity contribution >= 4 is 16.9 Å². The van der Waals surface area contributed by atoms with Gasteiger partial charge in [0.2, 0.25) is 5.71 Å². The van der Waals surface area contributed by atoms with Crippen LogP contribution in [0.15, 0.2) is 59.5 Å². The minimum absolute atomic E-state index is 0.210. The highest BCUT2D eigenvalue weighted by atomic mass is 19.2. The van der Waals surface area contributed by atoms with Gasteiger partial charge in [-0.25, -0.2) is 18.7 Å². The number of halogens is 2. The molecule has 0 aliphatic rings. The maximum atomic E-state index is 13.9. The van der Waals surface area contributed by atoms with Crippen LogP contribution < -0.4 is 5.73 Å². The van der Waals surface area contributed by atoms with Gasteiger partial charge >= 0.3 is 0 Å². The second-order valence-electron chi connectivity index (χ2n) is 5.27. The molecule has 4 nitrogen and oxygen atoms in total. The average molecular weight is 323 g/mol. The number of rotatable bonds is 2. The number of hydrogen-bond acceptors (Lipinski definition) is 4. The zero-order chi connectivity index (χ0) is 16.7. The summed E-state index contributed by atoms with van der Waals surface area (Å²) in [7, 11) is 0. The molecule has 0 fully saturated rings. The highest BCUT2D eigenvalue weighted by Crippen LogP contribution is 2.34. The van der Waals surface area contributed by atoms with Crippen molar-refractivity contribution in [3.05, 3.63) is 66.7 Å². The Bertz CT molecular complexity index is 1040. The predicted octanol–water partition coefficient (Wildman–Crippen LogP) is 4.42. The van der Waals surface area contributed by atoms with Gasteiger partial charge in [-0.05, 0) is 17.2 Å². The van der Waals surface area contributed by atoms with Crippen molar-refractivity contribution < 1.29 is 13.2 Å². The summed E-state index contributed by atoms with van der Waals surface area (Å²) in [4.78, 5) is 7.99. The van der Waals surface area contributed by atoms with Crippen LogP contribution in [0.1, 0.15) is 0 Å². The SMILES string of the molecule is Nc1ncnc2occ(-c3ccc(-c4cccc(F)c4F)cc3)c12. The van der Waals surface area contributed by atoms with Crippen LogP contribution in [0.4, 0.5) is 14.6 Å². The van der Waals surface area contributed by atoms with Crippen LogP contribution >= 0.6 is 0 Å². The quantitative estimate of drug-likeness (QED) is 0.593. The fraction of sp³-hybridized carbons (Fsp3) is 0. The second kappa shape index (κ2) is 5.42. The Labute approximate surface area is 135 Å². The number of anilines is 1. The van der Waals surface area contributed by atoms with Crippen molar-refractivity contribution in [2.75, 3.05) is 5.73 Å². The third kappa shape index (κ3) is 2.20. The van der Waals surface area contributed by atoms with E-state index in [1.165, 1.54) is 18.5 Å². The fourth-order valence-corrected chi connectivity index (χ4v) is 2.67. The second-order valence-corrected chi connectivity index (χ2v) is 5.27. The van der Waals surface area contributed by atoms with E-state index >= 15 is 0 Å². The van der Waals surface area contributed by atoms with Crippen molar-refractivity contribution in [1.82, 2.24) is 9.97 Å². The Kier molecular flexibility index (Phi) is 3.23. The number of nitrogen functional groups attached to an aromatic ring is 1. The number of nitrogens with two attached hydrogens (primary N) is 1. The molecule has 4 rings (SSSR count). The van der Waals surface area contributed by atoms with Gasteiger partial charge in [0.1, 0.15) is 18.4 Å². The van der Waals surface area contributed by atoms with Crippen molar-refractivity contribution in [2.45, 2.75) is 0 Å². The van der Waals surface area contributed by atoms with Gasteiger partial charge < -0.3 is 10.2 Å². The molecule has 0 atom stereocenters. The number of nitrogens with zero attached hydrogens (tertiary/aromatic N) is 2. The van der Waals surface area contributed by atoms with Crippen LogP contribution in [0.25, 0.3) is 33.4 Å². The van der Waals surface area contributed by atoms with E-state index in [2.05, 4.69) is 9.97 Å². The van der Waals surface area contributed by atoms with Crippen LogP contribution in [0.2, 0.25) is 0 Å². The van der Waals surface area contributed by atoms with E-state index in [9.17, 15) is 8.78 Å². The molecule has 24 heavy (non-hydrogen) atoms. The lowest BCUT2D eigenvalue weighted by atomic mass is 10.00. The molecule has 0 radical (unpaired) electrons. The van der Waals surface area contributed by atoms with Gasteiger partial charge in [0, 0.05) is 11.1 Å². The molecule has 2 N–H and O–H groups in total. The fourth-order valence-electron chi connectivity index (χ4n) is 2.67. The van der Waals surface area contributed by atoms with Crippen molar-refractivity contribution in [3.63, 3.8) is 0 Å². The zero-order valence-corrected chi connectivity index (χ0v) is 12.3. The first-order chi connectivity index (χ1) is 11.6. The van der Waals surface area contributed by atoms with Crippen LogP contribution in [0, 0.1) is 11.6 Å². The van der Waals surface area contributed by atoms with Crippen molar-refractivity contribution in [1.29, 1.82) is 0 Å². The normalized spacial score (nSPS) is 11.1. The van der Waals surface area contributed by atoms with Gasteiger partial charge in [-0.3, -0.25) is 0 Å². The number of furan rings is 1. The smallest absolute Gasteiger partial charge is 0.231 e. The Morgan fingerprint density at radius 2 is 1.58 bits per heavy atom. The maximum absolute atomic E-state index is 13.9. The zero-order valence-electron chi connectivity index (χ0n) is 12.3. The van der Waals surface area contributed by atoms with Gasteiger partial charge in [0.25, 0.3) is 0 Å². The van der Waals surface area contributed by atoms with Crippen LogP contribution in [0.3, 0.4) is 0 Å². The van der Waals surface area contributed by atoms with E-state index < -0.39 is 11.6 Å². The Hall–Kier alpha value is -3.28. The third-order valence-electron chi connectivity index (χ3n) is 3.86. The average Bonchev–Trinajstić information content (AvgIpc) is 3.03.